The molecule has 172 valence electrons. The predicted molar refractivity (Wildman–Crippen MR) is 117 cm³/mol. The Labute approximate surface area is 190 Å². The molecule has 0 aliphatic heterocycles. The maximum absolute atomic E-state index is 11.7. The molecule has 2 aromatic heterocycles. The number of sulfone groups is 1. The molecule has 0 spiro atoms. The SMILES string of the molecule is C#CCOc1ccc(-c2cn3c(n2)sc2cc(S(C)(=O)=O)ccc23)cc1.O=C(O)C(F)(F)F. The summed E-state index contributed by atoms with van der Waals surface area (Å²) in [7, 11) is -3.22. The Hall–Kier alpha value is -3.56. The van der Waals surface area contributed by atoms with E-state index < -0.39 is 22.0 Å². The van der Waals surface area contributed by atoms with Gasteiger partial charge in [-0.1, -0.05) is 17.3 Å². The number of hydrogen-bond acceptors (Lipinski definition) is 6. The number of carboxylic acids is 1. The fraction of sp³-hybridized carbons (Fsp3) is 0.143. The van der Waals surface area contributed by atoms with Gasteiger partial charge in [0.15, 0.2) is 14.8 Å². The zero-order valence-corrected chi connectivity index (χ0v) is 18.5. The first-order valence-electron chi connectivity index (χ1n) is 8.98. The van der Waals surface area contributed by atoms with E-state index in [1.165, 1.54) is 17.6 Å². The van der Waals surface area contributed by atoms with E-state index in [1.54, 1.807) is 12.1 Å². The molecule has 12 heteroatoms. The van der Waals surface area contributed by atoms with E-state index in [2.05, 4.69) is 10.9 Å². The summed E-state index contributed by atoms with van der Waals surface area (Å²) in [4.78, 5) is 14.7. The van der Waals surface area contributed by atoms with Crippen molar-refractivity contribution in [1.82, 2.24) is 9.38 Å². The average molecular weight is 496 g/mol. The molecule has 4 rings (SSSR count). The van der Waals surface area contributed by atoms with E-state index in [0.717, 1.165) is 26.4 Å². The molecule has 4 aromatic rings. The molecule has 0 aliphatic carbocycles. The third-order valence-electron chi connectivity index (χ3n) is 4.21. The van der Waals surface area contributed by atoms with Crippen LogP contribution in [-0.4, -0.2) is 47.9 Å². The molecule has 0 amide bonds. The average Bonchev–Trinajstić information content (AvgIpc) is 3.29. The van der Waals surface area contributed by atoms with Gasteiger partial charge in [0.25, 0.3) is 0 Å². The number of thiazole rings is 1. The van der Waals surface area contributed by atoms with Crippen molar-refractivity contribution in [3.63, 3.8) is 0 Å². The van der Waals surface area contributed by atoms with Crippen molar-refractivity contribution in [3.05, 3.63) is 48.7 Å². The van der Waals surface area contributed by atoms with Crippen LogP contribution >= 0.6 is 11.3 Å². The summed E-state index contributed by atoms with van der Waals surface area (Å²) in [5, 5.41) is 7.12. The molecule has 2 aromatic carbocycles. The van der Waals surface area contributed by atoms with Gasteiger partial charge < -0.3 is 9.84 Å². The molecule has 0 atom stereocenters. The minimum atomic E-state index is -5.08. The smallest absolute Gasteiger partial charge is 0.481 e. The normalized spacial score (nSPS) is 11.6. The van der Waals surface area contributed by atoms with Crippen LogP contribution in [0.5, 0.6) is 5.75 Å². The number of carboxylic acid groups (broad SMARTS) is 1. The third kappa shape index (κ3) is 5.63. The zero-order chi connectivity index (χ0) is 24.4. The maximum Gasteiger partial charge on any atom is 0.490 e. The Morgan fingerprint density at radius 1 is 1.24 bits per heavy atom. The van der Waals surface area contributed by atoms with Crippen LogP contribution in [0.3, 0.4) is 0 Å². The van der Waals surface area contributed by atoms with Crippen molar-refractivity contribution in [2.45, 2.75) is 11.1 Å². The lowest BCUT2D eigenvalue weighted by Crippen LogP contribution is -2.21. The number of fused-ring (bicyclic) bond motifs is 3. The number of rotatable bonds is 4. The molecular weight excluding hydrogens is 481 g/mol. The van der Waals surface area contributed by atoms with E-state index in [1.807, 2.05) is 40.9 Å². The standard InChI is InChI=1S/C19H14N2O3S2.C2HF3O2/c1-3-10-24-14-6-4-13(5-7-14)16-12-21-17-9-8-15(26(2,22)23)11-18(17)25-19(21)20-16;3-2(4,5)1(6)7/h1,4-9,11-12H,10H2,2H3;(H,6,7). The molecule has 2 heterocycles. The zero-order valence-electron chi connectivity index (χ0n) is 16.8. The van der Waals surface area contributed by atoms with Crippen molar-refractivity contribution in [2.24, 2.45) is 0 Å². The summed E-state index contributed by atoms with van der Waals surface area (Å²) in [6, 6.07) is 12.7. The first-order chi connectivity index (χ1) is 15.4. The van der Waals surface area contributed by atoms with E-state index in [4.69, 9.17) is 21.1 Å². The highest BCUT2D eigenvalue weighted by Gasteiger charge is 2.38. The molecule has 0 radical (unpaired) electrons. The van der Waals surface area contributed by atoms with Crippen LogP contribution in [0.4, 0.5) is 13.2 Å². The van der Waals surface area contributed by atoms with E-state index in [-0.39, 0.29) is 6.61 Å². The van der Waals surface area contributed by atoms with Gasteiger partial charge in [-0.3, -0.25) is 4.40 Å². The molecule has 0 saturated carbocycles. The number of terminal acetylenes is 1. The van der Waals surface area contributed by atoms with Crippen LogP contribution in [0.15, 0.2) is 53.6 Å². The van der Waals surface area contributed by atoms with Gasteiger partial charge in [-0.2, -0.15) is 13.2 Å². The first-order valence-corrected chi connectivity index (χ1v) is 11.7. The minimum Gasteiger partial charge on any atom is -0.481 e. The predicted octanol–water partition coefficient (Wildman–Crippen LogP) is 4.26. The number of carbonyl (C=O) groups is 1. The van der Waals surface area contributed by atoms with Crippen LogP contribution in [0.2, 0.25) is 0 Å². The second-order valence-electron chi connectivity index (χ2n) is 6.60. The molecule has 0 saturated heterocycles. The third-order valence-corrected chi connectivity index (χ3v) is 6.34. The topological polar surface area (TPSA) is 98.0 Å². The maximum atomic E-state index is 11.7. The van der Waals surface area contributed by atoms with Crippen molar-refractivity contribution < 1.29 is 36.2 Å². The monoisotopic (exact) mass is 496 g/mol. The Morgan fingerprint density at radius 3 is 2.42 bits per heavy atom. The van der Waals surface area contributed by atoms with Crippen molar-refractivity contribution in [2.75, 3.05) is 12.9 Å². The van der Waals surface area contributed by atoms with E-state index >= 15 is 0 Å². The van der Waals surface area contributed by atoms with Crippen LogP contribution in [0.25, 0.3) is 26.4 Å². The number of aromatic nitrogens is 2. The summed E-state index contributed by atoms with van der Waals surface area (Å²) < 4.78 is 63.4. The Morgan fingerprint density at radius 2 is 1.88 bits per heavy atom. The second-order valence-corrected chi connectivity index (χ2v) is 9.63. The van der Waals surface area contributed by atoms with Crippen molar-refractivity contribution in [1.29, 1.82) is 0 Å². The number of nitrogens with zero attached hydrogens (tertiary/aromatic N) is 2. The van der Waals surface area contributed by atoms with Gasteiger partial charge in [0, 0.05) is 18.0 Å². The summed E-state index contributed by atoms with van der Waals surface area (Å²) in [6.45, 7) is 0.237. The number of ether oxygens (including phenoxy) is 1. The van der Waals surface area contributed by atoms with Gasteiger partial charge in [0.2, 0.25) is 0 Å². The van der Waals surface area contributed by atoms with Crippen LogP contribution < -0.4 is 4.74 Å². The summed E-state index contributed by atoms with van der Waals surface area (Å²) in [5.74, 6) is 0.390. The van der Waals surface area contributed by atoms with Gasteiger partial charge in [0.1, 0.15) is 12.4 Å². The highest BCUT2D eigenvalue weighted by molar-refractivity contribution is 7.90. The van der Waals surface area contributed by atoms with Gasteiger partial charge in [0.05, 0.1) is 20.8 Å². The van der Waals surface area contributed by atoms with Crippen molar-refractivity contribution in [3.8, 4) is 29.4 Å². The molecule has 0 fully saturated rings. The molecule has 1 N–H and O–H groups in total. The van der Waals surface area contributed by atoms with Gasteiger partial charge in [-0.25, -0.2) is 18.2 Å². The lowest BCUT2D eigenvalue weighted by molar-refractivity contribution is -0.192. The number of benzene rings is 2. The number of aliphatic carboxylic acids is 1. The fourth-order valence-electron chi connectivity index (χ4n) is 2.70. The second kappa shape index (κ2) is 9.13. The number of alkyl halides is 3. The van der Waals surface area contributed by atoms with Crippen LogP contribution in [0, 0.1) is 12.3 Å². The number of halogens is 3. The van der Waals surface area contributed by atoms with Gasteiger partial charge >= 0.3 is 12.1 Å². The number of hydrogen-bond donors (Lipinski definition) is 1. The quantitative estimate of drug-likeness (QED) is 0.424. The summed E-state index contributed by atoms with van der Waals surface area (Å²) >= 11 is 1.46. The Bertz CT molecular complexity index is 1460. The molecule has 0 aliphatic rings. The molecule has 33 heavy (non-hydrogen) atoms. The van der Waals surface area contributed by atoms with E-state index in [0.29, 0.717) is 10.6 Å². The minimum absolute atomic E-state index is 0.237. The highest BCUT2D eigenvalue weighted by atomic mass is 32.2. The molecule has 0 bridgehead atoms. The van der Waals surface area contributed by atoms with Crippen LogP contribution in [-0.2, 0) is 14.6 Å². The molecule has 0 unspecified atom stereocenters. The number of imidazole rings is 1. The molecule has 7 nitrogen and oxygen atoms in total. The lowest BCUT2D eigenvalue weighted by Gasteiger charge is -2.02. The van der Waals surface area contributed by atoms with Gasteiger partial charge in [-0.05, 0) is 42.5 Å². The summed E-state index contributed by atoms with van der Waals surface area (Å²) in [6.07, 6.45) is 3.26. The Balaban J connectivity index is 0.000000383. The van der Waals surface area contributed by atoms with Crippen LogP contribution in [0.1, 0.15) is 0 Å². The Kier molecular flexibility index (Phi) is 6.66. The van der Waals surface area contributed by atoms with Gasteiger partial charge in [-0.15, -0.1) is 6.42 Å². The lowest BCUT2D eigenvalue weighted by atomic mass is 10.2. The van der Waals surface area contributed by atoms with E-state index in [9.17, 15) is 21.6 Å². The highest BCUT2D eigenvalue weighted by Crippen LogP contribution is 2.31. The largest absolute Gasteiger partial charge is 0.490 e. The fourth-order valence-corrected chi connectivity index (χ4v) is 4.47. The summed E-state index contributed by atoms with van der Waals surface area (Å²) in [5.41, 5.74) is 2.74. The van der Waals surface area contributed by atoms with Crippen molar-refractivity contribution >= 4 is 42.3 Å². The first kappa shape index (κ1) is 24.1. The molecular formula is C21H15F3N2O5S2.